The Labute approximate surface area is 130 Å². The Morgan fingerprint density at radius 1 is 1.22 bits per heavy atom. The molecule has 2 rings (SSSR count). The van der Waals surface area contributed by atoms with E-state index in [1.807, 2.05) is 0 Å². The summed E-state index contributed by atoms with van der Waals surface area (Å²) in [5.41, 5.74) is 0.00986. The summed E-state index contributed by atoms with van der Waals surface area (Å²) in [6.07, 6.45) is 1.35. The van der Waals surface area contributed by atoms with E-state index in [0.29, 0.717) is 5.69 Å². The van der Waals surface area contributed by atoms with Crippen molar-refractivity contribution in [3.63, 3.8) is 0 Å². The molecule has 10 nitrogen and oxygen atoms in total. The van der Waals surface area contributed by atoms with E-state index in [0.717, 1.165) is 12.1 Å². The summed E-state index contributed by atoms with van der Waals surface area (Å²) < 4.78 is 26.0. The van der Waals surface area contributed by atoms with Crippen molar-refractivity contribution >= 4 is 28.0 Å². The zero-order valence-electron chi connectivity index (χ0n) is 11.7. The number of anilines is 1. The molecule has 11 heteroatoms. The molecule has 120 valence electrons. The number of carbonyl (C=O) groups is 2. The summed E-state index contributed by atoms with van der Waals surface area (Å²) in [5.74, 6) is -1.62. The predicted octanol–water partition coefficient (Wildman–Crippen LogP) is 0.389. The maximum Gasteiger partial charge on any atom is 0.337 e. The monoisotopic (exact) mass is 337 g/mol. The van der Waals surface area contributed by atoms with Gasteiger partial charge < -0.3 is 5.11 Å². The highest BCUT2D eigenvalue weighted by molar-refractivity contribution is 7.90. The number of carboxylic acid groups (broad SMARTS) is 1. The zero-order valence-corrected chi connectivity index (χ0v) is 12.5. The molecule has 3 N–H and O–H groups in total. The second kappa shape index (κ2) is 6.36. The van der Waals surface area contributed by atoms with Gasteiger partial charge in [-0.2, -0.15) is 5.10 Å². The van der Waals surface area contributed by atoms with Gasteiger partial charge in [0, 0.05) is 0 Å². The molecular weight excluding hydrogens is 326 g/mol. The van der Waals surface area contributed by atoms with Crippen molar-refractivity contribution in [3.8, 4) is 0 Å². The van der Waals surface area contributed by atoms with Gasteiger partial charge in [0.2, 0.25) is 0 Å². The molecule has 0 saturated carbocycles. The molecule has 0 spiro atoms. The van der Waals surface area contributed by atoms with Gasteiger partial charge in [-0.25, -0.2) is 27.7 Å². The number of hydrogen-bond donors (Lipinski definition) is 3. The van der Waals surface area contributed by atoms with Crippen LogP contribution in [-0.2, 0) is 10.0 Å². The third-order valence-electron chi connectivity index (χ3n) is 2.54. The van der Waals surface area contributed by atoms with Gasteiger partial charge in [-0.3, -0.25) is 5.32 Å². The van der Waals surface area contributed by atoms with Gasteiger partial charge in [0.1, 0.15) is 4.90 Å². The number of benzene rings is 1. The van der Waals surface area contributed by atoms with Crippen molar-refractivity contribution in [1.82, 2.24) is 19.9 Å². The molecule has 0 aliphatic heterocycles. The molecule has 0 radical (unpaired) electrons. The topological polar surface area (TPSA) is 151 Å². The summed E-state index contributed by atoms with van der Waals surface area (Å²) in [7, 11) is -4.38. The first-order valence-electron chi connectivity index (χ1n) is 6.12. The van der Waals surface area contributed by atoms with Gasteiger partial charge in [0.15, 0.2) is 0 Å². The Morgan fingerprint density at radius 3 is 2.57 bits per heavy atom. The van der Waals surface area contributed by atoms with Gasteiger partial charge in [0.05, 0.1) is 17.5 Å². The fraction of sp³-hybridized carbons (Fsp3) is 0.0833. The standard InChI is InChI=1S/C12H11N5O5S/c1-7-6-13-16-11(14-7)15-12(20)17-23(21,22)9-5-3-2-4-8(9)10(18)19/h2-6H,1H3,(H,18,19)(H2,14,15,16,17,20). The number of nitrogens with zero attached hydrogens (tertiary/aromatic N) is 3. The lowest BCUT2D eigenvalue weighted by atomic mass is 10.2. The second-order valence-corrected chi connectivity index (χ2v) is 5.93. The molecule has 0 aliphatic carbocycles. The number of amides is 2. The number of aromatic carboxylic acids is 1. The average Bonchev–Trinajstić information content (AvgIpc) is 2.46. The van der Waals surface area contributed by atoms with E-state index in [1.54, 1.807) is 11.6 Å². The van der Waals surface area contributed by atoms with Crippen LogP contribution in [0.3, 0.4) is 0 Å². The van der Waals surface area contributed by atoms with E-state index in [-0.39, 0.29) is 5.95 Å². The summed E-state index contributed by atoms with van der Waals surface area (Å²) in [6.45, 7) is 1.61. The van der Waals surface area contributed by atoms with E-state index >= 15 is 0 Å². The van der Waals surface area contributed by atoms with Gasteiger partial charge in [-0.05, 0) is 19.1 Å². The fourth-order valence-electron chi connectivity index (χ4n) is 1.62. The normalized spacial score (nSPS) is 10.8. The van der Waals surface area contributed by atoms with Crippen LogP contribution in [0.1, 0.15) is 16.1 Å². The number of aryl methyl sites for hydroxylation is 1. The lowest BCUT2D eigenvalue weighted by Crippen LogP contribution is -2.35. The molecule has 0 fully saturated rings. The van der Waals surface area contributed by atoms with E-state index in [9.17, 15) is 18.0 Å². The number of urea groups is 1. The Hall–Kier alpha value is -3.08. The van der Waals surface area contributed by atoms with Crippen LogP contribution < -0.4 is 10.0 Å². The first-order chi connectivity index (χ1) is 10.8. The summed E-state index contributed by atoms with van der Waals surface area (Å²) in [5, 5.41) is 18.2. The number of nitrogens with one attached hydrogen (secondary N) is 2. The third-order valence-corrected chi connectivity index (χ3v) is 3.93. The molecular formula is C12H11N5O5S. The summed E-state index contributed by atoms with van der Waals surface area (Å²) in [6, 6.07) is 3.76. The fourth-order valence-corrected chi connectivity index (χ4v) is 2.73. The Bertz CT molecular complexity index is 868. The highest BCUT2D eigenvalue weighted by Gasteiger charge is 2.24. The maximum atomic E-state index is 12.1. The molecule has 1 aromatic carbocycles. The van der Waals surface area contributed by atoms with Crippen LogP contribution in [0.4, 0.5) is 10.7 Å². The van der Waals surface area contributed by atoms with Gasteiger partial charge in [0.25, 0.3) is 16.0 Å². The minimum Gasteiger partial charge on any atom is -0.478 e. The maximum absolute atomic E-state index is 12.1. The number of carbonyl (C=O) groups excluding carboxylic acids is 1. The molecule has 0 atom stereocenters. The Balaban J connectivity index is 2.22. The first-order valence-corrected chi connectivity index (χ1v) is 7.60. The van der Waals surface area contributed by atoms with E-state index in [1.165, 1.54) is 18.3 Å². The number of hydrogen-bond acceptors (Lipinski definition) is 7. The Morgan fingerprint density at radius 2 is 1.91 bits per heavy atom. The molecule has 23 heavy (non-hydrogen) atoms. The SMILES string of the molecule is Cc1cnnc(NC(=O)NS(=O)(=O)c2ccccc2C(=O)O)n1. The van der Waals surface area contributed by atoms with Crippen molar-refractivity contribution in [2.45, 2.75) is 11.8 Å². The Kier molecular flexibility index (Phi) is 4.50. The lowest BCUT2D eigenvalue weighted by molar-refractivity contribution is 0.0692. The molecule has 0 aliphatic rings. The largest absolute Gasteiger partial charge is 0.478 e. The van der Waals surface area contributed by atoms with Crippen LogP contribution in [0.25, 0.3) is 0 Å². The molecule has 2 amide bonds. The second-order valence-electron chi connectivity index (χ2n) is 4.28. The van der Waals surface area contributed by atoms with Crippen LogP contribution in [0.5, 0.6) is 0 Å². The van der Waals surface area contributed by atoms with Crippen molar-refractivity contribution in [2.24, 2.45) is 0 Å². The zero-order chi connectivity index (χ0) is 17.0. The van der Waals surface area contributed by atoms with E-state index in [2.05, 4.69) is 20.5 Å². The number of rotatable bonds is 4. The molecule has 0 bridgehead atoms. The average molecular weight is 337 g/mol. The van der Waals surface area contributed by atoms with Crippen LogP contribution in [0, 0.1) is 6.92 Å². The van der Waals surface area contributed by atoms with Gasteiger partial charge >= 0.3 is 12.0 Å². The quantitative estimate of drug-likeness (QED) is 0.724. The predicted molar refractivity (Wildman–Crippen MR) is 77.3 cm³/mol. The van der Waals surface area contributed by atoms with Crippen LogP contribution in [0.2, 0.25) is 0 Å². The molecule has 2 aromatic rings. The van der Waals surface area contributed by atoms with Crippen molar-refractivity contribution in [1.29, 1.82) is 0 Å². The van der Waals surface area contributed by atoms with Gasteiger partial charge in [-0.15, -0.1) is 5.10 Å². The first kappa shape index (κ1) is 16.3. The number of carboxylic acids is 1. The van der Waals surface area contributed by atoms with Crippen LogP contribution >= 0.6 is 0 Å². The summed E-state index contributed by atoms with van der Waals surface area (Å²) in [4.78, 5) is 26.1. The summed E-state index contributed by atoms with van der Waals surface area (Å²) >= 11 is 0. The van der Waals surface area contributed by atoms with Crippen LogP contribution in [0.15, 0.2) is 35.4 Å². The minimum absolute atomic E-state index is 0.191. The smallest absolute Gasteiger partial charge is 0.337 e. The van der Waals surface area contributed by atoms with Gasteiger partial charge in [-0.1, -0.05) is 12.1 Å². The van der Waals surface area contributed by atoms with Crippen molar-refractivity contribution in [2.75, 3.05) is 5.32 Å². The highest BCUT2D eigenvalue weighted by atomic mass is 32.2. The molecule has 0 saturated heterocycles. The van der Waals surface area contributed by atoms with Crippen molar-refractivity contribution < 1.29 is 23.1 Å². The van der Waals surface area contributed by atoms with Crippen LogP contribution in [-0.4, -0.2) is 40.7 Å². The third kappa shape index (κ3) is 3.97. The lowest BCUT2D eigenvalue weighted by Gasteiger charge is -2.09. The molecule has 1 heterocycles. The van der Waals surface area contributed by atoms with E-state index in [4.69, 9.17) is 5.11 Å². The molecule has 1 aromatic heterocycles. The highest BCUT2D eigenvalue weighted by Crippen LogP contribution is 2.15. The molecule has 0 unspecified atom stereocenters. The minimum atomic E-state index is -4.38. The van der Waals surface area contributed by atoms with E-state index < -0.39 is 32.5 Å². The number of sulfonamides is 1. The number of aromatic nitrogens is 3. The van der Waals surface area contributed by atoms with Crippen molar-refractivity contribution in [3.05, 3.63) is 41.7 Å².